The number of halogens is 1. The molecule has 1 saturated heterocycles. The first-order valence-electron chi connectivity index (χ1n) is 17.3. The lowest BCUT2D eigenvalue weighted by Gasteiger charge is -2.38. The molecule has 246 valence electrons. The molecule has 5 rings (SSSR count). The third kappa shape index (κ3) is 8.81. The van der Waals surface area contributed by atoms with E-state index in [1.165, 1.54) is 50.5 Å². The van der Waals surface area contributed by atoms with Crippen molar-refractivity contribution in [1.29, 1.82) is 0 Å². The molecule has 8 heteroatoms. The molecule has 0 aromatic heterocycles. The Balaban J connectivity index is 1.35. The topological polar surface area (TPSA) is 73.9 Å². The summed E-state index contributed by atoms with van der Waals surface area (Å²) in [4.78, 5) is 31.9. The van der Waals surface area contributed by atoms with E-state index in [-0.39, 0.29) is 35.8 Å². The van der Waals surface area contributed by atoms with Crippen LogP contribution in [0.15, 0.2) is 42.5 Å². The number of rotatable bonds is 8. The lowest BCUT2D eigenvalue weighted by molar-refractivity contribution is -0.121. The molecule has 2 N–H and O–H groups in total. The van der Waals surface area contributed by atoms with Gasteiger partial charge in [-0.3, -0.25) is 14.5 Å². The van der Waals surface area contributed by atoms with Crippen molar-refractivity contribution in [2.45, 2.75) is 103 Å². The van der Waals surface area contributed by atoms with E-state index in [1.54, 1.807) is 0 Å². The maximum absolute atomic E-state index is 13.9. The molecule has 0 spiro atoms. The maximum atomic E-state index is 13.9. The van der Waals surface area contributed by atoms with Gasteiger partial charge in [0, 0.05) is 48.6 Å². The SMILES string of the molecule is CC1CN(C(C)C)C(=O)c2cccc(NC(=O)C3CCNC(C4CCCCCCC4)C3)c2OC1CN(C)Cc1ccc(Cl)cc1. The Morgan fingerprint density at radius 1 is 1.07 bits per heavy atom. The average Bonchev–Trinajstić information content (AvgIpc) is 3.00. The van der Waals surface area contributed by atoms with Gasteiger partial charge >= 0.3 is 0 Å². The first-order chi connectivity index (χ1) is 21.7. The van der Waals surface area contributed by atoms with Crippen LogP contribution in [0.2, 0.25) is 5.02 Å². The van der Waals surface area contributed by atoms with Crippen molar-refractivity contribution in [2.24, 2.45) is 17.8 Å². The van der Waals surface area contributed by atoms with Gasteiger partial charge < -0.3 is 20.3 Å². The molecule has 2 fully saturated rings. The van der Waals surface area contributed by atoms with Gasteiger partial charge in [-0.05, 0) is 88.9 Å². The summed E-state index contributed by atoms with van der Waals surface area (Å²) in [7, 11) is 2.09. The summed E-state index contributed by atoms with van der Waals surface area (Å²) in [6, 6.07) is 13.9. The first kappa shape index (κ1) is 33.7. The zero-order chi connectivity index (χ0) is 31.9. The Hall–Kier alpha value is -2.61. The smallest absolute Gasteiger partial charge is 0.257 e. The Morgan fingerprint density at radius 3 is 2.49 bits per heavy atom. The van der Waals surface area contributed by atoms with Crippen molar-refractivity contribution in [1.82, 2.24) is 15.1 Å². The minimum Gasteiger partial charge on any atom is -0.486 e. The van der Waals surface area contributed by atoms with Crippen molar-refractivity contribution in [3.63, 3.8) is 0 Å². The zero-order valence-corrected chi connectivity index (χ0v) is 28.5. The van der Waals surface area contributed by atoms with Gasteiger partial charge in [-0.15, -0.1) is 0 Å². The van der Waals surface area contributed by atoms with Crippen molar-refractivity contribution in [3.05, 3.63) is 58.6 Å². The summed E-state index contributed by atoms with van der Waals surface area (Å²) in [5.41, 5.74) is 2.28. The third-order valence-corrected chi connectivity index (χ3v) is 10.4. The summed E-state index contributed by atoms with van der Waals surface area (Å²) in [5, 5.41) is 7.72. The number of ether oxygens (including phenoxy) is 1. The van der Waals surface area contributed by atoms with Crippen molar-refractivity contribution >= 4 is 29.1 Å². The third-order valence-electron chi connectivity index (χ3n) is 10.2. The normalized spacial score (nSPS) is 25.1. The van der Waals surface area contributed by atoms with E-state index < -0.39 is 0 Å². The molecule has 3 aliphatic rings. The lowest BCUT2D eigenvalue weighted by atomic mass is 9.79. The highest BCUT2D eigenvalue weighted by molar-refractivity contribution is 6.30. The summed E-state index contributed by atoms with van der Waals surface area (Å²) < 4.78 is 6.80. The van der Waals surface area contributed by atoms with E-state index in [0.717, 1.165) is 31.0 Å². The largest absolute Gasteiger partial charge is 0.486 e. The Labute approximate surface area is 275 Å². The van der Waals surface area contributed by atoms with E-state index >= 15 is 0 Å². The molecule has 2 aromatic carbocycles. The molecule has 2 heterocycles. The van der Waals surface area contributed by atoms with Crippen LogP contribution in [0, 0.1) is 17.8 Å². The second-order valence-corrected chi connectivity index (χ2v) is 14.5. The molecule has 0 bridgehead atoms. The molecule has 2 amide bonds. The van der Waals surface area contributed by atoms with Crippen LogP contribution in [0.3, 0.4) is 0 Å². The number of hydrogen-bond acceptors (Lipinski definition) is 5. The fourth-order valence-electron chi connectivity index (χ4n) is 7.47. The molecule has 2 aromatic rings. The molecule has 1 saturated carbocycles. The van der Waals surface area contributed by atoms with Crippen LogP contribution in [0.1, 0.15) is 94.5 Å². The predicted octanol–water partition coefficient (Wildman–Crippen LogP) is 7.39. The number of fused-ring (bicyclic) bond motifs is 1. The number of benzene rings is 2. The van der Waals surface area contributed by atoms with Crippen LogP contribution in [0.4, 0.5) is 5.69 Å². The molecular weight excluding hydrogens is 584 g/mol. The number of piperidine rings is 1. The van der Waals surface area contributed by atoms with Gasteiger partial charge in [0.05, 0.1) is 11.3 Å². The van der Waals surface area contributed by atoms with E-state index in [9.17, 15) is 9.59 Å². The molecule has 4 unspecified atom stereocenters. The van der Waals surface area contributed by atoms with E-state index in [2.05, 4.69) is 43.4 Å². The number of likely N-dealkylation sites (N-methyl/N-ethyl adjacent to an activating group) is 1. The number of nitrogens with one attached hydrogen (secondary N) is 2. The Bertz CT molecular complexity index is 1280. The summed E-state index contributed by atoms with van der Waals surface area (Å²) in [5.74, 6) is 1.13. The number of carbonyl (C=O) groups excluding carboxylic acids is 2. The van der Waals surface area contributed by atoms with Crippen LogP contribution >= 0.6 is 11.6 Å². The van der Waals surface area contributed by atoms with Crippen molar-refractivity contribution in [2.75, 3.05) is 32.0 Å². The number of amides is 2. The van der Waals surface area contributed by atoms with Gasteiger partial charge in [0.25, 0.3) is 5.91 Å². The van der Waals surface area contributed by atoms with Crippen molar-refractivity contribution in [3.8, 4) is 5.75 Å². The molecular formula is C37H53ClN4O3. The van der Waals surface area contributed by atoms with E-state index in [4.69, 9.17) is 16.3 Å². The zero-order valence-electron chi connectivity index (χ0n) is 27.7. The number of carbonyl (C=O) groups is 2. The van der Waals surface area contributed by atoms with Gasteiger partial charge in [-0.2, -0.15) is 0 Å². The highest BCUT2D eigenvalue weighted by Crippen LogP contribution is 2.36. The van der Waals surface area contributed by atoms with Gasteiger partial charge in [-0.1, -0.05) is 68.8 Å². The second kappa shape index (κ2) is 15.8. The Kier molecular flexibility index (Phi) is 11.8. The Morgan fingerprint density at radius 2 is 1.78 bits per heavy atom. The molecule has 45 heavy (non-hydrogen) atoms. The highest BCUT2D eigenvalue weighted by Gasteiger charge is 2.35. The van der Waals surface area contributed by atoms with Crippen LogP contribution in [-0.4, -0.2) is 66.5 Å². The summed E-state index contributed by atoms with van der Waals surface area (Å²) >= 11 is 6.11. The molecule has 1 aliphatic carbocycles. The highest BCUT2D eigenvalue weighted by atomic mass is 35.5. The standard InChI is InChI=1S/C37H53ClN4O3/c1-25(2)42-22-26(3)34(24-41(4)23-27-15-17-30(38)18-16-27)45-35-31(37(42)44)13-10-14-32(35)40-36(43)29-19-20-39-33(21-29)28-11-8-6-5-7-9-12-28/h10,13-18,25-26,28-29,33-34,39H,5-9,11-12,19-24H2,1-4H3,(H,40,43). The second-order valence-electron chi connectivity index (χ2n) is 14.1. The van der Waals surface area contributed by atoms with Gasteiger partial charge in [0.15, 0.2) is 5.75 Å². The van der Waals surface area contributed by atoms with E-state index in [1.807, 2.05) is 47.4 Å². The average molecular weight is 637 g/mol. The molecule has 0 radical (unpaired) electrons. The van der Waals surface area contributed by atoms with Gasteiger partial charge in [-0.25, -0.2) is 0 Å². The van der Waals surface area contributed by atoms with Gasteiger partial charge in [0.2, 0.25) is 5.91 Å². The minimum absolute atomic E-state index is 0.0315. The fraction of sp³-hybridized carbons (Fsp3) is 0.622. The van der Waals surface area contributed by atoms with Crippen LogP contribution < -0.4 is 15.4 Å². The van der Waals surface area contributed by atoms with Crippen LogP contribution in [0.5, 0.6) is 5.75 Å². The molecule has 4 atom stereocenters. The quantitative estimate of drug-likeness (QED) is 0.316. The molecule has 2 aliphatic heterocycles. The fourth-order valence-corrected chi connectivity index (χ4v) is 7.60. The number of nitrogens with zero attached hydrogens (tertiary/aromatic N) is 2. The number of hydrogen-bond donors (Lipinski definition) is 2. The summed E-state index contributed by atoms with van der Waals surface area (Å²) in [6.45, 7) is 9.16. The van der Waals surface area contributed by atoms with Gasteiger partial charge in [0.1, 0.15) is 6.10 Å². The van der Waals surface area contributed by atoms with Crippen LogP contribution in [0.25, 0.3) is 0 Å². The maximum Gasteiger partial charge on any atom is 0.257 e. The number of para-hydroxylation sites is 1. The summed E-state index contributed by atoms with van der Waals surface area (Å²) in [6.07, 6.45) is 10.6. The number of anilines is 1. The van der Waals surface area contributed by atoms with Crippen LogP contribution in [-0.2, 0) is 11.3 Å². The predicted molar refractivity (Wildman–Crippen MR) is 183 cm³/mol. The first-order valence-corrected chi connectivity index (χ1v) is 17.6. The minimum atomic E-state index is -0.184. The lowest BCUT2D eigenvalue weighted by Crippen LogP contribution is -2.48. The monoisotopic (exact) mass is 636 g/mol. The van der Waals surface area contributed by atoms with E-state index in [0.29, 0.717) is 42.0 Å². The van der Waals surface area contributed by atoms with Crippen molar-refractivity contribution < 1.29 is 14.3 Å². The molecule has 7 nitrogen and oxygen atoms in total.